The minimum atomic E-state index is -0.620. The fraction of sp³-hybridized carbons (Fsp3) is 0.385. The highest BCUT2D eigenvalue weighted by Gasteiger charge is 2.35. The molecule has 8 heteroatoms. The Bertz CT molecular complexity index is 604. The number of carbonyl (C=O) groups excluding carboxylic acids is 2. The largest absolute Gasteiger partial charge is 0.467 e. The fourth-order valence-corrected chi connectivity index (χ4v) is 2.73. The first-order valence-corrected chi connectivity index (χ1v) is 7.07. The summed E-state index contributed by atoms with van der Waals surface area (Å²) in [4.78, 5) is 35.8. The third-order valence-corrected chi connectivity index (χ3v) is 4.05. The maximum atomic E-state index is 12.4. The Morgan fingerprint density at radius 1 is 1.48 bits per heavy atom. The highest BCUT2D eigenvalue weighted by Crippen LogP contribution is 2.28. The second-order valence-electron chi connectivity index (χ2n) is 4.60. The molecular weight excluding hydrogens is 344 g/mol. The Morgan fingerprint density at radius 2 is 2.19 bits per heavy atom. The van der Waals surface area contributed by atoms with E-state index in [0.717, 1.165) is 0 Å². The van der Waals surface area contributed by atoms with Crippen molar-refractivity contribution in [2.24, 2.45) is 0 Å². The van der Waals surface area contributed by atoms with Crippen LogP contribution in [0.15, 0.2) is 22.7 Å². The quantitative estimate of drug-likeness (QED) is 0.470. The SMILES string of the molecule is COC(=O)C1CCCN1C(=O)c1ccc(Br)c([N+](=O)[O-])c1. The Balaban J connectivity index is 2.29. The van der Waals surface area contributed by atoms with Gasteiger partial charge in [-0.2, -0.15) is 0 Å². The highest BCUT2D eigenvalue weighted by molar-refractivity contribution is 9.10. The van der Waals surface area contributed by atoms with E-state index in [4.69, 9.17) is 0 Å². The van der Waals surface area contributed by atoms with Gasteiger partial charge in [-0.25, -0.2) is 4.79 Å². The lowest BCUT2D eigenvalue weighted by Gasteiger charge is -2.22. The summed E-state index contributed by atoms with van der Waals surface area (Å²) >= 11 is 3.07. The van der Waals surface area contributed by atoms with Gasteiger partial charge in [0.25, 0.3) is 11.6 Å². The second kappa shape index (κ2) is 6.21. The van der Waals surface area contributed by atoms with Crippen molar-refractivity contribution in [2.75, 3.05) is 13.7 Å². The molecule has 0 aromatic heterocycles. The number of nitro groups is 1. The van der Waals surface area contributed by atoms with Crippen LogP contribution in [0, 0.1) is 10.1 Å². The third-order valence-electron chi connectivity index (χ3n) is 3.38. The van der Waals surface area contributed by atoms with Crippen LogP contribution in [-0.4, -0.2) is 41.4 Å². The van der Waals surface area contributed by atoms with Crippen LogP contribution in [0.1, 0.15) is 23.2 Å². The van der Waals surface area contributed by atoms with Gasteiger partial charge < -0.3 is 9.64 Å². The van der Waals surface area contributed by atoms with Crippen LogP contribution in [0.2, 0.25) is 0 Å². The van der Waals surface area contributed by atoms with Gasteiger partial charge in [0.2, 0.25) is 0 Å². The topological polar surface area (TPSA) is 89.8 Å². The molecule has 1 aromatic rings. The molecule has 1 saturated heterocycles. The number of carbonyl (C=O) groups is 2. The van der Waals surface area contributed by atoms with Gasteiger partial charge in [0.05, 0.1) is 16.5 Å². The summed E-state index contributed by atoms with van der Waals surface area (Å²) in [6.45, 7) is 0.433. The predicted molar refractivity (Wildman–Crippen MR) is 76.9 cm³/mol. The van der Waals surface area contributed by atoms with Crippen molar-refractivity contribution in [2.45, 2.75) is 18.9 Å². The van der Waals surface area contributed by atoms with Gasteiger partial charge >= 0.3 is 5.97 Å². The zero-order chi connectivity index (χ0) is 15.6. The van der Waals surface area contributed by atoms with Crippen molar-refractivity contribution in [3.63, 3.8) is 0 Å². The van der Waals surface area contributed by atoms with Gasteiger partial charge in [-0.15, -0.1) is 0 Å². The molecule has 0 spiro atoms. The lowest BCUT2D eigenvalue weighted by Crippen LogP contribution is -2.41. The first kappa shape index (κ1) is 15.4. The number of ether oxygens (including phenoxy) is 1. The molecule has 1 aromatic carbocycles. The molecule has 7 nitrogen and oxygen atoms in total. The van der Waals surface area contributed by atoms with Gasteiger partial charge in [-0.1, -0.05) is 0 Å². The first-order valence-electron chi connectivity index (χ1n) is 6.28. The van der Waals surface area contributed by atoms with E-state index >= 15 is 0 Å². The summed E-state index contributed by atoms with van der Waals surface area (Å²) in [5.74, 6) is -0.869. The number of methoxy groups -OCH3 is 1. The zero-order valence-corrected chi connectivity index (χ0v) is 12.8. The number of nitro benzene ring substituents is 1. The van der Waals surface area contributed by atoms with Gasteiger partial charge in [0.15, 0.2) is 0 Å². The monoisotopic (exact) mass is 356 g/mol. The summed E-state index contributed by atoms with van der Waals surface area (Å²) in [6.07, 6.45) is 1.24. The van der Waals surface area contributed by atoms with E-state index in [-0.39, 0.29) is 11.3 Å². The van der Waals surface area contributed by atoms with E-state index in [1.807, 2.05) is 0 Å². The molecule has 1 heterocycles. The fourth-order valence-electron chi connectivity index (χ4n) is 2.34. The molecule has 1 amide bonds. The number of halogens is 1. The van der Waals surface area contributed by atoms with Gasteiger partial charge in [-0.3, -0.25) is 14.9 Å². The number of rotatable bonds is 3. The molecule has 1 aliphatic rings. The molecule has 1 fully saturated rings. The number of likely N-dealkylation sites (tertiary alicyclic amines) is 1. The van der Waals surface area contributed by atoms with Crippen molar-refractivity contribution in [1.82, 2.24) is 4.90 Å². The normalized spacial score (nSPS) is 17.6. The molecule has 112 valence electrons. The molecule has 0 aliphatic carbocycles. The minimum Gasteiger partial charge on any atom is -0.467 e. The number of hydrogen-bond donors (Lipinski definition) is 0. The Kier molecular flexibility index (Phi) is 4.56. The Morgan fingerprint density at radius 3 is 2.81 bits per heavy atom. The van der Waals surface area contributed by atoms with Crippen molar-refractivity contribution in [3.8, 4) is 0 Å². The molecule has 21 heavy (non-hydrogen) atoms. The number of benzene rings is 1. The van der Waals surface area contributed by atoms with Gasteiger partial charge in [0.1, 0.15) is 6.04 Å². The summed E-state index contributed by atoms with van der Waals surface area (Å²) < 4.78 is 4.98. The summed E-state index contributed by atoms with van der Waals surface area (Å²) in [7, 11) is 1.27. The average molecular weight is 357 g/mol. The zero-order valence-electron chi connectivity index (χ0n) is 11.2. The van der Waals surface area contributed by atoms with E-state index in [0.29, 0.717) is 23.9 Å². The molecule has 0 saturated carbocycles. The van der Waals surface area contributed by atoms with Crippen molar-refractivity contribution >= 4 is 33.5 Å². The van der Waals surface area contributed by atoms with Crippen LogP contribution in [-0.2, 0) is 9.53 Å². The number of esters is 1. The summed E-state index contributed by atoms with van der Waals surface area (Å²) in [5.41, 5.74) is -0.00429. The second-order valence-corrected chi connectivity index (χ2v) is 5.46. The van der Waals surface area contributed by atoms with Gasteiger partial charge in [-0.05, 0) is 40.9 Å². The lowest BCUT2D eigenvalue weighted by atomic mass is 10.1. The third kappa shape index (κ3) is 3.05. The van der Waals surface area contributed by atoms with E-state index < -0.39 is 22.8 Å². The smallest absolute Gasteiger partial charge is 0.328 e. The van der Waals surface area contributed by atoms with Crippen molar-refractivity contribution in [3.05, 3.63) is 38.3 Å². The van der Waals surface area contributed by atoms with E-state index in [1.54, 1.807) is 0 Å². The minimum absolute atomic E-state index is 0.181. The summed E-state index contributed by atoms with van der Waals surface area (Å²) in [6, 6.07) is 3.53. The number of amides is 1. The maximum Gasteiger partial charge on any atom is 0.328 e. The first-order chi connectivity index (χ1) is 9.95. The van der Waals surface area contributed by atoms with Crippen LogP contribution in [0.25, 0.3) is 0 Å². The molecular formula is C13H13BrN2O5. The van der Waals surface area contributed by atoms with E-state index in [1.165, 1.54) is 30.2 Å². The van der Waals surface area contributed by atoms with Crippen molar-refractivity contribution in [1.29, 1.82) is 0 Å². The standard InChI is InChI=1S/C13H13BrN2O5/c1-21-13(18)10-3-2-6-15(10)12(17)8-4-5-9(14)11(7-8)16(19)20/h4-5,7,10H,2-3,6H2,1H3. The van der Waals surface area contributed by atoms with Crippen LogP contribution < -0.4 is 0 Å². The molecule has 0 N–H and O–H groups in total. The number of hydrogen-bond acceptors (Lipinski definition) is 5. The molecule has 1 unspecified atom stereocenters. The van der Waals surface area contributed by atoms with Crippen LogP contribution in [0.4, 0.5) is 5.69 Å². The van der Waals surface area contributed by atoms with Crippen LogP contribution in [0.3, 0.4) is 0 Å². The molecule has 1 atom stereocenters. The van der Waals surface area contributed by atoms with E-state index in [2.05, 4.69) is 20.7 Å². The molecule has 2 rings (SSSR count). The number of nitrogens with zero attached hydrogens (tertiary/aromatic N) is 2. The van der Waals surface area contributed by atoms with Crippen LogP contribution in [0.5, 0.6) is 0 Å². The van der Waals surface area contributed by atoms with Crippen molar-refractivity contribution < 1.29 is 19.2 Å². The summed E-state index contributed by atoms with van der Waals surface area (Å²) in [5, 5.41) is 10.9. The maximum absolute atomic E-state index is 12.4. The van der Waals surface area contributed by atoms with Crippen LogP contribution >= 0.6 is 15.9 Å². The van der Waals surface area contributed by atoms with E-state index in [9.17, 15) is 19.7 Å². The Labute approximate surface area is 129 Å². The average Bonchev–Trinajstić information content (AvgIpc) is 2.95. The predicted octanol–water partition coefficient (Wildman–Crippen LogP) is 2.13. The highest BCUT2D eigenvalue weighted by atomic mass is 79.9. The molecule has 1 aliphatic heterocycles. The molecule has 0 bridgehead atoms. The van der Waals surface area contributed by atoms with Gasteiger partial charge in [0, 0.05) is 18.2 Å². The molecule has 0 radical (unpaired) electrons. The lowest BCUT2D eigenvalue weighted by molar-refractivity contribution is -0.385. The Hall–Kier alpha value is -1.96.